The van der Waals surface area contributed by atoms with Crippen LogP contribution in [0.4, 0.5) is 17.2 Å². The topological polar surface area (TPSA) is 116 Å². The predicted molar refractivity (Wildman–Crippen MR) is 142 cm³/mol. The molecule has 1 aromatic heterocycles. The number of hydrogen-bond acceptors (Lipinski definition) is 4. The molecule has 1 heterocycles. The molecular formula is C29H24N6O. The molecule has 0 unspecified atom stereocenters. The molecule has 176 valence electrons. The van der Waals surface area contributed by atoms with Gasteiger partial charge in [-0.05, 0) is 60.4 Å². The highest BCUT2D eigenvalue weighted by Gasteiger charge is 2.51. The maximum atomic E-state index is 13.0. The number of carbonyl (C=O) groups excluding carboxylic acids is 1. The average molecular weight is 473 g/mol. The van der Waals surface area contributed by atoms with Crippen molar-refractivity contribution in [1.29, 1.82) is 5.26 Å². The first-order chi connectivity index (χ1) is 17.6. The Kier molecular flexibility index (Phi) is 6.16. The number of carbonyl (C=O) groups is 1. The van der Waals surface area contributed by atoms with Crippen LogP contribution in [0.2, 0.25) is 0 Å². The van der Waals surface area contributed by atoms with Gasteiger partial charge >= 0.3 is 0 Å². The summed E-state index contributed by atoms with van der Waals surface area (Å²) < 4.78 is 0. The fourth-order valence-corrected chi connectivity index (χ4v) is 4.13. The van der Waals surface area contributed by atoms with Gasteiger partial charge in [-0.3, -0.25) is 4.79 Å². The monoisotopic (exact) mass is 472 g/mol. The summed E-state index contributed by atoms with van der Waals surface area (Å²) in [4.78, 5) is 21.6. The first kappa shape index (κ1) is 22.8. The standard InChI is InChI=1S/C29H24N6O/c30-18-21-6-4-5-9-25(21)34-28(31)35-26-15-12-22(19-32-26)20-10-13-24(14-11-20)33-27(36)29(16-17-29)23-7-2-1-3-8-23/h1-15,19H,16-17H2,(H,33,36)(H3,31,32,34,35). The van der Waals surface area contributed by atoms with Crippen molar-refractivity contribution in [3.8, 4) is 17.2 Å². The molecule has 1 amide bonds. The lowest BCUT2D eigenvalue weighted by molar-refractivity contribution is -0.118. The molecule has 3 aromatic carbocycles. The van der Waals surface area contributed by atoms with E-state index in [9.17, 15) is 10.1 Å². The van der Waals surface area contributed by atoms with Crippen LogP contribution in [0.25, 0.3) is 11.1 Å². The highest BCUT2D eigenvalue weighted by atomic mass is 16.2. The first-order valence-corrected chi connectivity index (χ1v) is 11.6. The smallest absolute Gasteiger partial charge is 0.235 e. The molecule has 0 aliphatic heterocycles. The van der Waals surface area contributed by atoms with Gasteiger partial charge in [0.2, 0.25) is 5.91 Å². The van der Waals surface area contributed by atoms with Crippen molar-refractivity contribution in [1.82, 2.24) is 4.98 Å². The van der Waals surface area contributed by atoms with Gasteiger partial charge in [0.25, 0.3) is 0 Å². The minimum atomic E-state index is -0.409. The molecule has 1 aliphatic rings. The molecule has 0 radical (unpaired) electrons. The molecule has 0 atom stereocenters. The maximum Gasteiger partial charge on any atom is 0.235 e. The second-order valence-electron chi connectivity index (χ2n) is 8.66. The Morgan fingerprint density at radius 3 is 2.25 bits per heavy atom. The first-order valence-electron chi connectivity index (χ1n) is 11.6. The van der Waals surface area contributed by atoms with E-state index in [0.29, 0.717) is 17.1 Å². The van der Waals surface area contributed by atoms with E-state index in [1.54, 1.807) is 30.5 Å². The molecule has 0 saturated heterocycles. The van der Waals surface area contributed by atoms with E-state index in [0.717, 1.165) is 35.2 Å². The van der Waals surface area contributed by atoms with Crippen LogP contribution in [-0.2, 0) is 10.2 Å². The SMILES string of the molecule is N#Cc1ccccc1NC(N)=Nc1ccc(-c2ccc(NC(=O)C3(c4ccccc4)CC3)cc2)cn1. The number of guanidine groups is 1. The lowest BCUT2D eigenvalue weighted by Gasteiger charge is -2.16. The number of rotatable bonds is 6. The Labute approximate surface area is 209 Å². The van der Waals surface area contributed by atoms with E-state index in [4.69, 9.17) is 5.73 Å². The number of anilines is 2. The third-order valence-corrected chi connectivity index (χ3v) is 6.28. The van der Waals surface area contributed by atoms with E-state index >= 15 is 0 Å². The summed E-state index contributed by atoms with van der Waals surface area (Å²) in [6, 6.07) is 30.5. The van der Waals surface area contributed by atoms with E-state index in [1.807, 2.05) is 66.7 Å². The molecule has 7 heteroatoms. The summed E-state index contributed by atoms with van der Waals surface area (Å²) in [5.74, 6) is 0.619. The van der Waals surface area contributed by atoms with Crippen LogP contribution < -0.4 is 16.4 Å². The van der Waals surface area contributed by atoms with Gasteiger partial charge in [-0.25, -0.2) is 4.98 Å². The van der Waals surface area contributed by atoms with Crippen LogP contribution in [0.15, 0.2) is 102 Å². The van der Waals surface area contributed by atoms with Crippen molar-refractivity contribution >= 4 is 29.1 Å². The zero-order chi connectivity index (χ0) is 25.0. The van der Waals surface area contributed by atoms with Crippen LogP contribution in [0, 0.1) is 11.3 Å². The quantitative estimate of drug-likeness (QED) is 0.258. The number of nitrogens with two attached hydrogens (primary N) is 1. The molecule has 4 aromatic rings. The number of hydrogen-bond donors (Lipinski definition) is 3. The number of nitrogens with zero attached hydrogens (tertiary/aromatic N) is 3. The third-order valence-electron chi connectivity index (χ3n) is 6.28. The predicted octanol–water partition coefficient (Wildman–Crippen LogP) is 5.35. The fraction of sp³-hybridized carbons (Fsp3) is 0.103. The van der Waals surface area contributed by atoms with Gasteiger partial charge in [-0.2, -0.15) is 10.3 Å². The van der Waals surface area contributed by atoms with Gasteiger partial charge in [-0.1, -0.05) is 54.6 Å². The summed E-state index contributed by atoms with van der Waals surface area (Å²) in [7, 11) is 0. The van der Waals surface area contributed by atoms with E-state index in [1.165, 1.54) is 0 Å². The van der Waals surface area contributed by atoms with Crippen molar-refractivity contribution in [2.75, 3.05) is 10.6 Å². The summed E-state index contributed by atoms with van der Waals surface area (Å²) >= 11 is 0. The van der Waals surface area contributed by atoms with Crippen LogP contribution in [-0.4, -0.2) is 16.9 Å². The molecule has 0 spiro atoms. The zero-order valence-electron chi connectivity index (χ0n) is 19.5. The van der Waals surface area contributed by atoms with E-state index in [-0.39, 0.29) is 11.9 Å². The molecule has 1 saturated carbocycles. The number of aliphatic imine (C=N–C) groups is 1. The Morgan fingerprint density at radius 1 is 0.889 bits per heavy atom. The molecule has 36 heavy (non-hydrogen) atoms. The second kappa shape index (κ2) is 9.72. The largest absolute Gasteiger partial charge is 0.369 e. The average Bonchev–Trinajstić information content (AvgIpc) is 3.73. The molecule has 7 nitrogen and oxygen atoms in total. The van der Waals surface area contributed by atoms with Gasteiger partial charge in [0, 0.05) is 17.4 Å². The van der Waals surface area contributed by atoms with Crippen molar-refractivity contribution < 1.29 is 4.79 Å². The number of pyridine rings is 1. The lowest BCUT2D eigenvalue weighted by atomic mass is 9.95. The maximum absolute atomic E-state index is 13.0. The Morgan fingerprint density at radius 2 is 1.58 bits per heavy atom. The van der Waals surface area contributed by atoms with E-state index in [2.05, 4.69) is 26.7 Å². The third kappa shape index (κ3) is 4.79. The number of nitrogens with one attached hydrogen (secondary N) is 2. The molecule has 0 bridgehead atoms. The lowest BCUT2D eigenvalue weighted by Crippen LogP contribution is -2.27. The van der Waals surface area contributed by atoms with Gasteiger partial charge in [0.1, 0.15) is 6.07 Å². The zero-order valence-corrected chi connectivity index (χ0v) is 19.5. The number of amides is 1. The molecule has 1 fully saturated rings. The van der Waals surface area contributed by atoms with Crippen molar-refractivity contribution in [2.45, 2.75) is 18.3 Å². The number of benzene rings is 3. The Bertz CT molecular complexity index is 1450. The minimum absolute atomic E-state index is 0.0360. The molecular weight excluding hydrogens is 448 g/mol. The van der Waals surface area contributed by atoms with Crippen molar-refractivity contribution in [3.05, 3.63) is 108 Å². The fourth-order valence-electron chi connectivity index (χ4n) is 4.13. The highest BCUT2D eigenvalue weighted by molar-refractivity contribution is 6.01. The molecule has 5 rings (SSSR count). The molecule has 1 aliphatic carbocycles. The number of nitriles is 1. The van der Waals surface area contributed by atoms with Crippen molar-refractivity contribution in [2.24, 2.45) is 10.7 Å². The van der Waals surface area contributed by atoms with Crippen molar-refractivity contribution in [3.63, 3.8) is 0 Å². The van der Waals surface area contributed by atoms with Gasteiger partial charge in [0.05, 0.1) is 16.7 Å². The van der Waals surface area contributed by atoms with Crippen LogP contribution >= 0.6 is 0 Å². The second-order valence-corrected chi connectivity index (χ2v) is 8.66. The summed E-state index contributed by atoms with van der Waals surface area (Å²) in [6.45, 7) is 0. The van der Waals surface area contributed by atoms with Gasteiger partial charge in [0.15, 0.2) is 11.8 Å². The summed E-state index contributed by atoms with van der Waals surface area (Å²) in [6.07, 6.45) is 3.45. The van der Waals surface area contributed by atoms with Gasteiger partial charge < -0.3 is 16.4 Å². The van der Waals surface area contributed by atoms with E-state index < -0.39 is 5.41 Å². The van der Waals surface area contributed by atoms with Gasteiger partial charge in [-0.15, -0.1) is 0 Å². The highest BCUT2D eigenvalue weighted by Crippen LogP contribution is 2.48. The minimum Gasteiger partial charge on any atom is -0.369 e. The Balaban J connectivity index is 1.24. The molecule has 4 N–H and O–H groups in total. The van der Waals surface area contributed by atoms with Crippen LogP contribution in [0.3, 0.4) is 0 Å². The summed E-state index contributed by atoms with van der Waals surface area (Å²) in [5.41, 5.74) is 10.4. The summed E-state index contributed by atoms with van der Waals surface area (Å²) in [5, 5.41) is 15.2. The normalized spacial score (nSPS) is 13.9. The number of para-hydroxylation sites is 1. The number of aromatic nitrogens is 1. The Hall–Kier alpha value is -4.96. The van der Waals surface area contributed by atoms with Crippen LogP contribution in [0.1, 0.15) is 24.0 Å². The van der Waals surface area contributed by atoms with Crippen LogP contribution in [0.5, 0.6) is 0 Å².